The van der Waals surface area contributed by atoms with Crippen LogP contribution in [0.15, 0.2) is 60.0 Å². The zero-order valence-electron chi connectivity index (χ0n) is 17.6. The molecule has 1 aromatic heterocycles. The Bertz CT molecular complexity index is 1030. The van der Waals surface area contributed by atoms with Crippen molar-refractivity contribution in [1.29, 1.82) is 0 Å². The zero-order valence-corrected chi connectivity index (χ0v) is 18.4. The van der Waals surface area contributed by atoms with Gasteiger partial charge in [-0.25, -0.2) is 4.98 Å². The molecular formula is C24H26N4O2S. The third-order valence-corrected chi connectivity index (χ3v) is 6.31. The minimum atomic E-state index is -0.111. The van der Waals surface area contributed by atoms with Crippen molar-refractivity contribution in [2.24, 2.45) is 0 Å². The van der Waals surface area contributed by atoms with E-state index in [-0.39, 0.29) is 11.8 Å². The molecule has 1 fully saturated rings. The summed E-state index contributed by atoms with van der Waals surface area (Å²) in [5.74, 6) is 0.0445. The second kappa shape index (κ2) is 9.85. The Labute approximate surface area is 186 Å². The number of amides is 2. The first kappa shape index (κ1) is 21.2. The molecule has 4 rings (SSSR count). The fourth-order valence-corrected chi connectivity index (χ4v) is 4.39. The Morgan fingerprint density at radius 2 is 1.71 bits per heavy atom. The highest BCUT2D eigenvalue weighted by Gasteiger charge is 2.22. The predicted octanol–water partition coefficient (Wildman–Crippen LogP) is 3.59. The van der Waals surface area contributed by atoms with E-state index in [1.165, 1.54) is 0 Å². The summed E-state index contributed by atoms with van der Waals surface area (Å²) in [6.07, 6.45) is 0.394. The Hall–Kier alpha value is -3.03. The van der Waals surface area contributed by atoms with E-state index in [0.717, 1.165) is 54.7 Å². The lowest BCUT2D eigenvalue weighted by molar-refractivity contribution is -0.132. The predicted molar refractivity (Wildman–Crippen MR) is 123 cm³/mol. The van der Waals surface area contributed by atoms with Gasteiger partial charge in [-0.15, -0.1) is 11.3 Å². The second-order valence-corrected chi connectivity index (χ2v) is 8.68. The normalized spacial score (nSPS) is 14.4. The number of hydrogen-bond donors (Lipinski definition) is 1. The minimum Gasteiger partial charge on any atom is -0.340 e. The first-order chi connectivity index (χ1) is 15.1. The smallest absolute Gasteiger partial charge is 0.255 e. The van der Waals surface area contributed by atoms with Gasteiger partial charge >= 0.3 is 0 Å². The number of para-hydroxylation sites is 1. The van der Waals surface area contributed by atoms with Crippen LogP contribution in [-0.2, 0) is 17.8 Å². The number of carbonyl (C=O) groups is 2. The van der Waals surface area contributed by atoms with Gasteiger partial charge in [0.05, 0.1) is 6.42 Å². The molecule has 6 nitrogen and oxygen atoms in total. The van der Waals surface area contributed by atoms with Crippen LogP contribution in [0.25, 0.3) is 0 Å². The molecule has 0 atom stereocenters. The summed E-state index contributed by atoms with van der Waals surface area (Å²) >= 11 is 1.55. The molecule has 0 spiro atoms. The van der Waals surface area contributed by atoms with Crippen molar-refractivity contribution in [3.8, 4) is 0 Å². The average molecular weight is 435 g/mol. The Morgan fingerprint density at radius 3 is 2.35 bits per heavy atom. The van der Waals surface area contributed by atoms with E-state index in [1.54, 1.807) is 11.3 Å². The molecule has 2 amide bonds. The van der Waals surface area contributed by atoms with Gasteiger partial charge in [-0.05, 0) is 36.8 Å². The number of benzene rings is 2. The fourth-order valence-electron chi connectivity index (χ4n) is 3.62. The monoisotopic (exact) mass is 434 g/mol. The van der Waals surface area contributed by atoms with Crippen LogP contribution in [0.3, 0.4) is 0 Å². The number of aromatic nitrogens is 1. The van der Waals surface area contributed by atoms with E-state index in [4.69, 9.17) is 0 Å². The summed E-state index contributed by atoms with van der Waals surface area (Å²) in [6.45, 7) is 5.93. The van der Waals surface area contributed by atoms with Crippen molar-refractivity contribution in [2.45, 2.75) is 19.9 Å². The SMILES string of the molecule is Cc1csc(CC(=O)N2CCN(Cc3ccc(C(=O)Nc4ccccc4)cc3)CC2)n1. The summed E-state index contributed by atoms with van der Waals surface area (Å²) in [6, 6.07) is 17.2. The molecule has 0 saturated carbocycles. The van der Waals surface area contributed by atoms with Crippen LogP contribution < -0.4 is 5.32 Å². The van der Waals surface area contributed by atoms with E-state index in [2.05, 4.69) is 15.2 Å². The number of piperazine rings is 1. The average Bonchev–Trinajstić information content (AvgIpc) is 3.20. The summed E-state index contributed by atoms with van der Waals surface area (Å²) in [5.41, 5.74) is 3.56. The topological polar surface area (TPSA) is 65.5 Å². The molecule has 31 heavy (non-hydrogen) atoms. The molecule has 1 aliphatic rings. The van der Waals surface area contributed by atoms with Gasteiger partial charge in [0.15, 0.2) is 0 Å². The van der Waals surface area contributed by atoms with Crippen molar-refractivity contribution in [3.63, 3.8) is 0 Å². The van der Waals surface area contributed by atoms with Gasteiger partial charge in [0, 0.05) is 55.0 Å². The standard InChI is InChI=1S/C24H26N4O2S/c1-18-17-31-22(25-18)15-23(29)28-13-11-27(12-14-28)16-19-7-9-20(10-8-19)24(30)26-21-5-3-2-4-6-21/h2-10,17H,11-16H2,1H3,(H,26,30). The number of thiazole rings is 1. The highest BCUT2D eigenvalue weighted by molar-refractivity contribution is 7.09. The Morgan fingerprint density at radius 1 is 1.00 bits per heavy atom. The molecule has 0 unspecified atom stereocenters. The van der Waals surface area contributed by atoms with E-state index in [1.807, 2.05) is 71.8 Å². The molecule has 1 aliphatic heterocycles. The molecule has 7 heteroatoms. The van der Waals surface area contributed by atoms with Crippen molar-refractivity contribution >= 4 is 28.8 Å². The number of anilines is 1. The molecule has 0 aliphatic carbocycles. The Kier molecular flexibility index (Phi) is 6.74. The lowest BCUT2D eigenvalue weighted by Crippen LogP contribution is -2.48. The lowest BCUT2D eigenvalue weighted by Gasteiger charge is -2.34. The van der Waals surface area contributed by atoms with E-state index in [0.29, 0.717) is 12.0 Å². The van der Waals surface area contributed by atoms with Gasteiger partial charge in [-0.1, -0.05) is 30.3 Å². The number of carbonyl (C=O) groups excluding carboxylic acids is 2. The molecule has 2 aromatic carbocycles. The van der Waals surface area contributed by atoms with E-state index in [9.17, 15) is 9.59 Å². The highest BCUT2D eigenvalue weighted by atomic mass is 32.1. The third kappa shape index (κ3) is 5.77. The maximum absolute atomic E-state index is 12.5. The number of rotatable bonds is 6. The van der Waals surface area contributed by atoms with Crippen LogP contribution in [0.1, 0.15) is 26.6 Å². The van der Waals surface area contributed by atoms with Crippen LogP contribution in [0.5, 0.6) is 0 Å². The van der Waals surface area contributed by atoms with E-state index >= 15 is 0 Å². The summed E-state index contributed by atoms with van der Waals surface area (Å²) < 4.78 is 0. The molecule has 160 valence electrons. The highest BCUT2D eigenvalue weighted by Crippen LogP contribution is 2.14. The van der Waals surface area contributed by atoms with Crippen molar-refractivity contribution < 1.29 is 9.59 Å². The number of nitrogens with one attached hydrogen (secondary N) is 1. The zero-order chi connectivity index (χ0) is 21.6. The first-order valence-corrected chi connectivity index (χ1v) is 11.3. The molecule has 0 radical (unpaired) electrons. The second-order valence-electron chi connectivity index (χ2n) is 7.73. The maximum Gasteiger partial charge on any atom is 0.255 e. The molecule has 1 N–H and O–H groups in total. The Balaban J connectivity index is 1.25. The van der Waals surface area contributed by atoms with Crippen LogP contribution in [-0.4, -0.2) is 52.8 Å². The molecular weight excluding hydrogens is 408 g/mol. The van der Waals surface area contributed by atoms with Crippen molar-refractivity contribution in [3.05, 3.63) is 81.8 Å². The van der Waals surface area contributed by atoms with Gasteiger partial charge in [-0.2, -0.15) is 0 Å². The molecule has 3 aromatic rings. The fraction of sp³-hybridized carbons (Fsp3) is 0.292. The summed E-state index contributed by atoms with van der Waals surface area (Å²) in [5, 5.41) is 5.78. The van der Waals surface area contributed by atoms with Crippen molar-refractivity contribution in [2.75, 3.05) is 31.5 Å². The first-order valence-electron chi connectivity index (χ1n) is 10.4. The largest absolute Gasteiger partial charge is 0.340 e. The summed E-state index contributed by atoms with van der Waals surface area (Å²) in [7, 11) is 0. The minimum absolute atomic E-state index is 0.111. The maximum atomic E-state index is 12.5. The molecule has 0 bridgehead atoms. The third-order valence-electron chi connectivity index (χ3n) is 5.35. The number of aryl methyl sites for hydroxylation is 1. The summed E-state index contributed by atoms with van der Waals surface area (Å²) in [4.78, 5) is 33.6. The van der Waals surface area contributed by atoms with Gasteiger partial charge in [0.2, 0.25) is 5.91 Å². The van der Waals surface area contributed by atoms with Gasteiger partial charge in [-0.3, -0.25) is 14.5 Å². The van der Waals surface area contributed by atoms with Crippen LogP contribution in [0.2, 0.25) is 0 Å². The van der Waals surface area contributed by atoms with Crippen molar-refractivity contribution in [1.82, 2.24) is 14.8 Å². The quantitative estimate of drug-likeness (QED) is 0.644. The number of nitrogens with zero attached hydrogens (tertiary/aromatic N) is 3. The molecule has 2 heterocycles. The van der Waals surface area contributed by atoms with Gasteiger partial charge < -0.3 is 10.2 Å². The van der Waals surface area contributed by atoms with Crippen LogP contribution in [0, 0.1) is 6.92 Å². The van der Waals surface area contributed by atoms with Crippen LogP contribution >= 0.6 is 11.3 Å². The van der Waals surface area contributed by atoms with Gasteiger partial charge in [0.25, 0.3) is 5.91 Å². The molecule has 1 saturated heterocycles. The lowest BCUT2D eigenvalue weighted by atomic mass is 10.1. The van der Waals surface area contributed by atoms with E-state index < -0.39 is 0 Å². The van der Waals surface area contributed by atoms with Crippen LogP contribution in [0.4, 0.5) is 5.69 Å². The number of hydrogen-bond acceptors (Lipinski definition) is 5. The van der Waals surface area contributed by atoms with Gasteiger partial charge in [0.1, 0.15) is 5.01 Å².